The summed E-state index contributed by atoms with van der Waals surface area (Å²) in [7, 11) is 1.42. The molecule has 1 heterocycles. The van der Waals surface area contributed by atoms with Crippen LogP contribution in [-0.4, -0.2) is 37.4 Å². The van der Waals surface area contributed by atoms with Gasteiger partial charge in [0, 0.05) is 13.0 Å². The van der Waals surface area contributed by atoms with Gasteiger partial charge in [0.05, 0.1) is 18.4 Å². The highest BCUT2D eigenvalue weighted by molar-refractivity contribution is 5.93. The fraction of sp³-hybridized carbons (Fsp3) is 0.750. The van der Waals surface area contributed by atoms with Crippen LogP contribution in [0.3, 0.4) is 0 Å². The van der Waals surface area contributed by atoms with Crippen molar-refractivity contribution in [1.82, 2.24) is 0 Å². The van der Waals surface area contributed by atoms with Crippen molar-refractivity contribution in [2.45, 2.75) is 27.1 Å². The van der Waals surface area contributed by atoms with E-state index in [2.05, 4.69) is 0 Å². The normalized spacial score (nSPS) is 33.2. The molecule has 0 radical (unpaired) electrons. The van der Waals surface area contributed by atoms with E-state index < -0.39 is 24.0 Å². The first-order chi connectivity index (χ1) is 7.90. The van der Waals surface area contributed by atoms with Gasteiger partial charge in [-0.2, -0.15) is 0 Å². The van der Waals surface area contributed by atoms with Gasteiger partial charge in [-0.15, -0.1) is 0 Å². The Hall–Kier alpha value is -1.07. The zero-order valence-electron chi connectivity index (χ0n) is 10.6. The maximum Gasteiger partial charge on any atom is 0.167 e. The molecule has 0 aromatic heterocycles. The molecule has 0 aromatic rings. The summed E-state index contributed by atoms with van der Waals surface area (Å²) in [5.74, 6) is -2.37. The van der Waals surface area contributed by atoms with Crippen molar-refractivity contribution in [2.75, 3.05) is 13.7 Å². The van der Waals surface area contributed by atoms with Crippen molar-refractivity contribution in [1.29, 1.82) is 0 Å². The Bertz CT molecular complexity index is 336. The van der Waals surface area contributed by atoms with Gasteiger partial charge in [-0.25, -0.2) is 0 Å². The van der Waals surface area contributed by atoms with Gasteiger partial charge in [0.2, 0.25) is 0 Å². The number of ketones is 3. The molecule has 5 nitrogen and oxygen atoms in total. The van der Waals surface area contributed by atoms with Crippen molar-refractivity contribution in [3.8, 4) is 0 Å². The number of Topliss-reactive ketones (excluding diaryl/α,β-unsaturated/α-hetero) is 3. The number of hydrogen-bond acceptors (Lipinski definition) is 5. The number of ether oxygens (including phenoxy) is 2. The van der Waals surface area contributed by atoms with Gasteiger partial charge in [-0.05, 0) is 20.8 Å². The summed E-state index contributed by atoms with van der Waals surface area (Å²) in [5, 5.41) is 0. The Kier molecular flexibility index (Phi) is 4.54. The smallest absolute Gasteiger partial charge is 0.167 e. The third-order valence-corrected chi connectivity index (χ3v) is 3.25. The van der Waals surface area contributed by atoms with Gasteiger partial charge in [0.1, 0.15) is 17.3 Å². The summed E-state index contributed by atoms with van der Waals surface area (Å²) in [4.78, 5) is 34.8. The molecule has 0 N–H and O–H groups in total. The van der Waals surface area contributed by atoms with Crippen LogP contribution >= 0.6 is 0 Å². The number of hydrogen-bond donors (Lipinski definition) is 0. The zero-order chi connectivity index (χ0) is 13.2. The van der Waals surface area contributed by atoms with E-state index in [0.717, 1.165) is 0 Å². The Morgan fingerprint density at radius 3 is 1.88 bits per heavy atom. The molecule has 1 fully saturated rings. The minimum absolute atomic E-state index is 0.127. The summed E-state index contributed by atoms with van der Waals surface area (Å²) in [5.41, 5.74) is 0. The lowest BCUT2D eigenvalue weighted by molar-refractivity contribution is -0.209. The maximum absolute atomic E-state index is 11.7. The summed E-state index contributed by atoms with van der Waals surface area (Å²) >= 11 is 0. The average Bonchev–Trinajstić information content (AvgIpc) is 2.26. The first-order valence-corrected chi connectivity index (χ1v) is 5.55. The van der Waals surface area contributed by atoms with Crippen LogP contribution in [0.4, 0.5) is 0 Å². The van der Waals surface area contributed by atoms with Crippen LogP contribution in [0, 0.1) is 17.8 Å². The van der Waals surface area contributed by atoms with Gasteiger partial charge in [0.15, 0.2) is 6.29 Å². The molecule has 0 saturated carbocycles. The van der Waals surface area contributed by atoms with Crippen LogP contribution in [0.15, 0.2) is 0 Å². The van der Waals surface area contributed by atoms with Crippen molar-refractivity contribution < 1.29 is 23.9 Å². The molecule has 4 atom stereocenters. The van der Waals surface area contributed by atoms with Crippen molar-refractivity contribution in [2.24, 2.45) is 17.8 Å². The van der Waals surface area contributed by atoms with E-state index in [-0.39, 0.29) is 24.0 Å². The minimum atomic E-state index is -0.739. The Balaban J connectivity index is 3.08. The molecular weight excluding hydrogens is 224 g/mol. The van der Waals surface area contributed by atoms with E-state index in [1.807, 2.05) is 0 Å². The monoisotopic (exact) mass is 242 g/mol. The molecule has 1 saturated heterocycles. The third kappa shape index (κ3) is 2.79. The second-order valence-electron chi connectivity index (χ2n) is 4.43. The van der Waals surface area contributed by atoms with Gasteiger partial charge in [-0.3, -0.25) is 14.4 Å². The lowest BCUT2D eigenvalue weighted by atomic mass is 9.74. The SMILES string of the molecule is COC1OCC(C(C)=O)C(C(C)=O)C1C(C)=O. The highest BCUT2D eigenvalue weighted by Crippen LogP contribution is 2.34. The highest BCUT2D eigenvalue weighted by Gasteiger charge is 2.47. The van der Waals surface area contributed by atoms with Crippen molar-refractivity contribution in [3.05, 3.63) is 0 Å². The molecule has 0 amide bonds. The van der Waals surface area contributed by atoms with E-state index >= 15 is 0 Å². The molecule has 0 aliphatic carbocycles. The van der Waals surface area contributed by atoms with Gasteiger partial charge in [-0.1, -0.05) is 0 Å². The molecule has 0 aromatic carbocycles. The molecule has 96 valence electrons. The van der Waals surface area contributed by atoms with E-state index in [1.165, 1.54) is 27.9 Å². The third-order valence-electron chi connectivity index (χ3n) is 3.25. The predicted octanol–water partition coefficient (Wildman–Crippen LogP) is 0.605. The Labute approximate surface area is 100 Å². The Morgan fingerprint density at radius 1 is 1.00 bits per heavy atom. The largest absolute Gasteiger partial charge is 0.355 e. The highest BCUT2D eigenvalue weighted by atomic mass is 16.7. The number of carbonyl (C=O) groups is 3. The quantitative estimate of drug-likeness (QED) is 0.722. The Morgan fingerprint density at radius 2 is 1.53 bits per heavy atom. The average molecular weight is 242 g/mol. The second kappa shape index (κ2) is 5.51. The maximum atomic E-state index is 11.7. The van der Waals surface area contributed by atoms with Crippen molar-refractivity contribution in [3.63, 3.8) is 0 Å². The first kappa shape index (κ1) is 14.0. The number of rotatable bonds is 4. The van der Waals surface area contributed by atoms with Crippen LogP contribution in [0.2, 0.25) is 0 Å². The number of methoxy groups -OCH3 is 1. The predicted molar refractivity (Wildman–Crippen MR) is 59.3 cm³/mol. The lowest BCUT2D eigenvalue weighted by Crippen LogP contribution is -2.50. The molecule has 1 aliphatic heterocycles. The summed E-state index contributed by atoms with van der Waals surface area (Å²) in [6.07, 6.45) is -0.739. The summed E-state index contributed by atoms with van der Waals surface area (Å²) in [6.45, 7) is 4.32. The number of carbonyl (C=O) groups excluding carboxylic acids is 3. The fourth-order valence-electron chi connectivity index (χ4n) is 2.39. The topological polar surface area (TPSA) is 69.7 Å². The molecule has 0 spiro atoms. The molecule has 5 heteroatoms. The molecule has 0 bridgehead atoms. The standard InChI is InChI=1S/C12H18O5/c1-6(13)9-5-17-12(16-4)11(8(3)15)10(9)7(2)14/h9-12H,5H2,1-4H3. The van der Waals surface area contributed by atoms with Crippen molar-refractivity contribution >= 4 is 17.3 Å². The van der Waals surface area contributed by atoms with Crippen LogP contribution in [0.25, 0.3) is 0 Å². The van der Waals surface area contributed by atoms with E-state index in [1.54, 1.807) is 0 Å². The van der Waals surface area contributed by atoms with E-state index in [9.17, 15) is 14.4 Å². The summed E-state index contributed by atoms with van der Waals surface area (Å²) < 4.78 is 10.4. The molecule has 17 heavy (non-hydrogen) atoms. The first-order valence-electron chi connectivity index (χ1n) is 5.55. The molecule has 1 aliphatic rings. The van der Waals surface area contributed by atoms with E-state index in [4.69, 9.17) is 9.47 Å². The second-order valence-corrected chi connectivity index (χ2v) is 4.43. The van der Waals surface area contributed by atoms with Gasteiger partial charge < -0.3 is 9.47 Å². The van der Waals surface area contributed by atoms with Gasteiger partial charge >= 0.3 is 0 Å². The lowest BCUT2D eigenvalue weighted by Gasteiger charge is -2.38. The van der Waals surface area contributed by atoms with Crippen LogP contribution in [-0.2, 0) is 23.9 Å². The van der Waals surface area contributed by atoms with Crippen LogP contribution < -0.4 is 0 Å². The molecular formula is C12H18O5. The molecule has 1 rings (SSSR count). The fourth-order valence-corrected chi connectivity index (χ4v) is 2.39. The van der Waals surface area contributed by atoms with E-state index in [0.29, 0.717) is 0 Å². The summed E-state index contributed by atoms with van der Waals surface area (Å²) in [6, 6.07) is 0. The molecule has 4 unspecified atom stereocenters. The van der Waals surface area contributed by atoms with Crippen LogP contribution in [0.5, 0.6) is 0 Å². The van der Waals surface area contributed by atoms with Gasteiger partial charge in [0.25, 0.3) is 0 Å². The minimum Gasteiger partial charge on any atom is -0.355 e. The van der Waals surface area contributed by atoms with Crippen LogP contribution in [0.1, 0.15) is 20.8 Å². The zero-order valence-corrected chi connectivity index (χ0v) is 10.6.